The van der Waals surface area contributed by atoms with Gasteiger partial charge < -0.3 is 9.80 Å². The number of hydrogen-bond acceptors (Lipinski definition) is 3. The van der Waals surface area contributed by atoms with Crippen molar-refractivity contribution in [3.05, 3.63) is 49.2 Å². The number of amides is 1. The molecular weight excluding hydrogens is 338 g/mol. The van der Waals surface area contributed by atoms with Crippen molar-refractivity contribution in [2.24, 2.45) is 11.8 Å². The normalized spacial score (nSPS) is 26.7. The van der Waals surface area contributed by atoms with Crippen LogP contribution in [0.25, 0.3) is 11.3 Å². The van der Waals surface area contributed by atoms with Gasteiger partial charge in [0.1, 0.15) is 11.7 Å². The minimum absolute atomic E-state index is 0.158. The standard InChI is InChI=1S/C21H27N5O/c1-3-10-24(2)21(27)19-14-25-11-9-17(19)12-18(25)13-26-15-20(22-23-26)16-7-5-4-6-8-16/h3-8,15,17-19H,1,9-14H2,2H3/p+1/t17-,18+,19-/m0/s1. The Hall–Kier alpha value is -2.47. The molecule has 0 saturated carbocycles. The quantitative estimate of drug-likeness (QED) is 0.773. The zero-order chi connectivity index (χ0) is 18.8. The largest absolute Gasteiger partial charge is 0.342 e. The lowest BCUT2D eigenvalue weighted by Gasteiger charge is -2.46. The van der Waals surface area contributed by atoms with Crippen LogP contribution in [0.2, 0.25) is 0 Å². The van der Waals surface area contributed by atoms with E-state index in [2.05, 4.69) is 29.0 Å². The second kappa shape index (κ2) is 7.64. The molecule has 6 nitrogen and oxygen atoms in total. The molecule has 27 heavy (non-hydrogen) atoms. The molecule has 4 heterocycles. The summed E-state index contributed by atoms with van der Waals surface area (Å²) in [5.74, 6) is 0.928. The van der Waals surface area contributed by atoms with Gasteiger partial charge in [0.25, 0.3) is 0 Å². The number of nitrogens with one attached hydrogen (secondary N) is 1. The van der Waals surface area contributed by atoms with E-state index < -0.39 is 0 Å². The zero-order valence-corrected chi connectivity index (χ0v) is 15.9. The van der Waals surface area contributed by atoms with Crippen LogP contribution >= 0.6 is 0 Å². The van der Waals surface area contributed by atoms with Crippen molar-refractivity contribution >= 4 is 5.91 Å². The summed E-state index contributed by atoms with van der Waals surface area (Å²) in [6, 6.07) is 10.7. The number of nitrogens with zero attached hydrogens (tertiary/aromatic N) is 4. The van der Waals surface area contributed by atoms with Gasteiger partial charge >= 0.3 is 0 Å². The fraction of sp³-hybridized carbons (Fsp3) is 0.476. The van der Waals surface area contributed by atoms with Crippen molar-refractivity contribution in [2.75, 3.05) is 26.7 Å². The molecule has 0 aliphatic carbocycles. The molecule has 142 valence electrons. The topological polar surface area (TPSA) is 55.5 Å². The molecule has 1 unspecified atom stereocenters. The third kappa shape index (κ3) is 3.67. The second-order valence-corrected chi connectivity index (χ2v) is 7.90. The van der Waals surface area contributed by atoms with Crippen LogP contribution < -0.4 is 4.90 Å². The Bertz CT molecular complexity index is 802. The van der Waals surface area contributed by atoms with Gasteiger partial charge in [0, 0.05) is 32.0 Å². The SMILES string of the molecule is C=CCN(C)C(=O)[C@H]1C[NH+]2CC[C@H]1C[C@@H]2Cn1cc(-c2ccccc2)nn1. The van der Waals surface area contributed by atoms with Crippen molar-refractivity contribution in [2.45, 2.75) is 25.4 Å². The molecule has 2 bridgehead atoms. The molecule has 5 rings (SSSR count). The highest BCUT2D eigenvalue weighted by Gasteiger charge is 2.47. The Morgan fingerprint density at radius 2 is 2.22 bits per heavy atom. The minimum Gasteiger partial charge on any atom is -0.342 e. The Morgan fingerprint density at radius 3 is 2.93 bits per heavy atom. The lowest BCUT2D eigenvalue weighted by Crippen LogP contribution is -3.20. The average Bonchev–Trinajstić information content (AvgIpc) is 3.17. The average molecular weight is 366 g/mol. The first-order valence-corrected chi connectivity index (χ1v) is 9.81. The number of piperidine rings is 3. The van der Waals surface area contributed by atoms with Crippen LogP contribution in [0.3, 0.4) is 0 Å². The summed E-state index contributed by atoms with van der Waals surface area (Å²) >= 11 is 0. The van der Waals surface area contributed by atoms with Gasteiger partial charge in [0.2, 0.25) is 5.91 Å². The van der Waals surface area contributed by atoms with Crippen LogP contribution in [-0.2, 0) is 11.3 Å². The Kier molecular flexibility index (Phi) is 5.07. The maximum atomic E-state index is 12.7. The van der Waals surface area contributed by atoms with E-state index in [0.717, 1.165) is 43.7 Å². The molecule has 3 fully saturated rings. The molecule has 3 aliphatic heterocycles. The van der Waals surface area contributed by atoms with Gasteiger partial charge in [-0.1, -0.05) is 41.6 Å². The van der Waals surface area contributed by atoms with Crippen LogP contribution in [0.1, 0.15) is 12.8 Å². The number of benzene rings is 1. The number of hydrogen-bond donors (Lipinski definition) is 1. The smallest absolute Gasteiger partial charge is 0.231 e. The fourth-order valence-corrected chi connectivity index (χ4v) is 4.72. The number of likely N-dealkylation sites (N-methyl/N-ethyl adjacent to an activating group) is 1. The van der Waals surface area contributed by atoms with Crippen molar-refractivity contribution in [1.29, 1.82) is 0 Å². The number of rotatable bonds is 6. The van der Waals surface area contributed by atoms with Gasteiger partial charge in [-0.2, -0.15) is 0 Å². The van der Waals surface area contributed by atoms with Crippen molar-refractivity contribution < 1.29 is 9.69 Å². The first-order valence-electron chi connectivity index (χ1n) is 9.81. The maximum Gasteiger partial charge on any atom is 0.231 e. The molecule has 3 saturated heterocycles. The summed E-state index contributed by atoms with van der Waals surface area (Å²) < 4.78 is 1.97. The number of aromatic nitrogens is 3. The van der Waals surface area contributed by atoms with Crippen LogP contribution in [-0.4, -0.2) is 58.5 Å². The lowest BCUT2D eigenvalue weighted by molar-refractivity contribution is -0.945. The summed E-state index contributed by atoms with van der Waals surface area (Å²) in [6.45, 7) is 7.34. The van der Waals surface area contributed by atoms with E-state index in [0.29, 0.717) is 18.5 Å². The summed E-state index contributed by atoms with van der Waals surface area (Å²) in [5.41, 5.74) is 2.01. The molecule has 0 spiro atoms. The Balaban J connectivity index is 1.41. The molecule has 3 aliphatic rings. The molecule has 6 heteroatoms. The zero-order valence-electron chi connectivity index (χ0n) is 15.9. The molecule has 0 radical (unpaired) electrons. The Labute approximate surface area is 160 Å². The van der Waals surface area contributed by atoms with Crippen LogP contribution in [0.5, 0.6) is 0 Å². The molecular formula is C21H28N5O+. The third-order valence-electron chi connectivity index (χ3n) is 6.16. The molecule has 1 aromatic heterocycles. The van der Waals surface area contributed by atoms with Crippen LogP contribution in [0.4, 0.5) is 0 Å². The van der Waals surface area contributed by atoms with Crippen molar-refractivity contribution in [1.82, 2.24) is 19.9 Å². The molecule has 1 aromatic carbocycles. The summed E-state index contributed by atoms with van der Waals surface area (Å²) in [6.07, 6.45) is 6.08. The highest BCUT2D eigenvalue weighted by Crippen LogP contribution is 2.29. The van der Waals surface area contributed by atoms with Gasteiger partial charge in [0.05, 0.1) is 31.7 Å². The summed E-state index contributed by atoms with van der Waals surface area (Å²) in [4.78, 5) is 16.1. The monoisotopic (exact) mass is 366 g/mol. The first-order chi connectivity index (χ1) is 13.2. The second-order valence-electron chi connectivity index (χ2n) is 7.90. The maximum absolute atomic E-state index is 12.7. The minimum atomic E-state index is 0.158. The van der Waals surface area contributed by atoms with E-state index >= 15 is 0 Å². The van der Waals surface area contributed by atoms with Crippen LogP contribution in [0.15, 0.2) is 49.2 Å². The van der Waals surface area contributed by atoms with E-state index in [9.17, 15) is 4.79 Å². The summed E-state index contributed by atoms with van der Waals surface area (Å²) in [7, 11) is 1.88. The van der Waals surface area contributed by atoms with E-state index in [-0.39, 0.29) is 11.8 Å². The van der Waals surface area contributed by atoms with Gasteiger partial charge in [-0.25, -0.2) is 4.68 Å². The van der Waals surface area contributed by atoms with E-state index in [1.807, 2.05) is 41.0 Å². The Morgan fingerprint density at radius 1 is 1.41 bits per heavy atom. The molecule has 1 N–H and O–H groups in total. The van der Waals surface area contributed by atoms with E-state index in [1.165, 1.54) is 0 Å². The third-order valence-corrected chi connectivity index (χ3v) is 6.16. The highest BCUT2D eigenvalue weighted by molar-refractivity contribution is 5.79. The number of carbonyl (C=O) groups excluding carboxylic acids is 1. The fourth-order valence-electron chi connectivity index (χ4n) is 4.72. The van der Waals surface area contributed by atoms with Crippen molar-refractivity contribution in [3.63, 3.8) is 0 Å². The number of carbonyl (C=O) groups is 1. The van der Waals surface area contributed by atoms with E-state index in [4.69, 9.17) is 0 Å². The van der Waals surface area contributed by atoms with Gasteiger partial charge in [0.15, 0.2) is 0 Å². The molecule has 1 amide bonds. The first kappa shape index (κ1) is 17.9. The predicted molar refractivity (Wildman–Crippen MR) is 104 cm³/mol. The lowest BCUT2D eigenvalue weighted by atomic mass is 9.75. The van der Waals surface area contributed by atoms with Gasteiger partial charge in [-0.15, -0.1) is 11.7 Å². The highest BCUT2D eigenvalue weighted by atomic mass is 16.2. The predicted octanol–water partition coefficient (Wildman–Crippen LogP) is 0.883. The molecule has 2 aromatic rings. The van der Waals surface area contributed by atoms with Gasteiger partial charge in [-0.3, -0.25) is 4.79 Å². The number of quaternary nitrogens is 1. The number of fused-ring (bicyclic) bond motifs is 3. The summed E-state index contributed by atoms with van der Waals surface area (Å²) in [5, 5.41) is 8.68. The van der Waals surface area contributed by atoms with Crippen molar-refractivity contribution in [3.8, 4) is 11.3 Å². The van der Waals surface area contributed by atoms with Gasteiger partial charge in [-0.05, 0) is 5.92 Å². The van der Waals surface area contributed by atoms with Crippen LogP contribution in [0, 0.1) is 11.8 Å². The molecule has 4 atom stereocenters. The van der Waals surface area contributed by atoms with E-state index in [1.54, 1.807) is 11.0 Å².